The van der Waals surface area contributed by atoms with Gasteiger partial charge in [0.05, 0.1) is 19.3 Å². The van der Waals surface area contributed by atoms with Crippen LogP contribution in [-0.2, 0) is 28.5 Å². The van der Waals surface area contributed by atoms with Gasteiger partial charge in [0.15, 0.2) is 12.4 Å². The Morgan fingerprint density at radius 1 is 1.09 bits per heavy atom. The number of rotatable bonds is 12. The summed E-state index contributed by atoms with van der Waals surface area (Å²) in [5.41, 5.74) is 5.55. The van der Waals surface area contributed by atoms with E-state index in [9.17, 15) is 55.5 Å². The van der Waals surface area contributed by atoms with Gasteiger partial charge in [-0.2, -0.15) is 0 Å². The maximum absolute atomic E-state index is 11.6. The average molecular weight is 517 g/mol. The first-order valence-corrected chi connectivity index (χ1v) is 10.4. The molecule has 0 radical (unpaired) electrons. The van der Waals surface area contributed by atoms with Gasteiger partial charge in [-0.05, 0) is 0 Å². The van der Waals surface area contributed by atoms with E-state index in [1.807, 2.05) is 0 Å². The van der Waals surface area contributed by atoms with Crippen LogP contribution >= 0.6 is 0 Å². The van der Waals surface area contributed by atoms with Gasteiger partial charge in [-0.1, -0.05) is 0 Å². The van der Waals surface area contributed by atoms with E-state index >= 15 is 0 Å². The Bertz CT molecular complexity index is 714. The number of hydrogen-bond donors (Lipinski definition) is 11. The lowest BCUT2D eigenvalue weighted by Gasteiger charge is -2.45. The lowest BCUT2D eigenvalue weighted by molar-refractivity contribution is -0.366. The number of ether oxygens (including phenoxy) is 4. The second kappa shape index (κ2) is 12.2. The Morgan fingerprint density at radius 3 is 2.17 bits per heavy atom. The highest BCUT2D eigenvalue weighted by Gasteiger charge is 2.60. The molecule has 2 fully saturated rings. The molecule has 13 atom stereocenters. The van der Waals surface area contributed by atoms with E-state index in [2.05, 4.69) is 0 Å². The third kappa shape index (κ3) is 5.95. The zero-order valence-corrected chi connectivity index (χ0v) is 18.1. The fourth-order valence-electron chi connectivity index (χ4n) is 3.75. The van der Waals surface area contributed by atoms with Crippen LogP contribution in [0.3, 0.4) is 0 Å². The van der Waals surface area contributed by atoms with Crippen molar-refractivity contribution in [1.29, 1.82) is 0 Å². The second-order valence-corrected chi connectivity index (χ2v) is 8.13. The van der Waals surface area contributed by atoms with Gasteiger partial charge in [0.25, 0.3) is 0 Å². The van der Waals surface area contributed by atoms with Gasteiger partial charge in [-0.25, -0.2) is 4.79 Å². The summed E-state index contributed by atoms with van der Waals surface area (Å²) in [6.07, 6.45) is -21.7. The van der Waals surface area contributed by atoms with Crippen molar-refractivity contribution in [2.75, 3.05) is 19.8 Å². The van der Waals surface area contributed by atoms with Crippen LogP contribution in [0.25, 0.3) is 0 Å². The first kappa shape index (κ1) is 29.8. The van der Waals surface area contributed by atoms with Crippen molar-refractivity contribution in [1.82, 2.24) is 0 Å². The predicted octanol–water partition coefficient (Wildman–Crippen LogP) is -7.67. The highest BCUT2D eigenvalue weighted by Crippen LogP contribution is 2.37. The highest BCUT2D eigenvalue weighted by molar-refractivity contribution is 5.73. The summed E-state index contributed by atoms with van der Waals surface area (Å²) in [6, 6.07) is -1.68. The van der Waals surface area contributed by atoms with Gasteiger partial charge in [0, 0.05) is 0 Å². The number of aldehydes is 1. The molecule has 2 saturated heterocycles. The molecule has 0 amide bonds. The third-order valence-electron chi connectivity index (χ3n) is 5.77. The molecule has 2 rings (SSSR count). The van der Waals surface area contributed by atoms with E-state index in [-0.39, 0.29) is 6.29 Å². The highest BCUT2D eigenvalue weighted by atomic mass is 16.8. The van der Waals surface area contributed by atoms with Crippen LogP contribution in [0.15, 0.2) is 0 Å². The molecular weight excluding hydrogens is 486 g/mol. The van der Waals surface area contributed by atoms with Gasteiger partial charge in [-0.3, -0.25) is 0 Å². The van der Waals surface area contributed by atoms with Gasteiger partial charge < -0.3 is 80.5 Å². The molecule has 2 aliphatic rings. The standard InChI is InChI=1S/C18H31NO16/c19-5(1-20)12(8(25)6(24)2-21)32-17-11(28)13(10(27)14(33-17)16(30)31)35-18(4-23)15(29)9(26)7(3-22)34-18/h1,5-15,17,21-29H,2-4,19H2,(H,30,31)/t5-,6+,7+,8-,9+,10-,11+,12+,13-,14-,15-,17+,18-/m0/s1. The molecule has 0 bridgehead atoms. The molecule has 17 nitrogen and oxygen atoms in total. The molecule has 0 aromatic carbocycles. The number of aliphatic hydroxyl groups excluding tert-OH is 9. The average Bonchev–Trinajstić information content (AvgIpc) is 3.09. The van der Waals surface area contributed by atoms with Crippen LogP contribution in [0.5, 0.6) is 0 Å². The predicted molar refractivity (Wildman–Crippen MR) is 105 cm³/mol. The van der Waals surface area contributed by atoms with E-state index in [0.717, 1.165) is 0 Å². The minimum Gasteiger partial charge on any atom is -0.479 e. The summed E-state index contributed by atoms with van der Waals surface area (Å²) >= 11 is 0. The van der Waals surface area contributed by atoms with Gasteiger partial charge in [0.1, 0.15) is 67.8 Å². The summed E-state index contributed by atoms with van der Waals surface area (Å²) in [5.74, 6) is -4.34. The maximum atomic E-state index is 11.6. The van der Waals surface area contributed by atoms with Crippen molar-refractivity contribution in [3.05, 3.63) is 0 Å². The van der Waals surface area contributed by atoms with Crippen LogP contribution < -0.4 is 5.73 Å². The van der Waals surface area contributed by atoms with Crippen LogP contribution in [-0.4, -0.2) is 162 Å². The summed E-state index contributed by atoms with van der Waals surface area (Å²) in [5, 5.41) is 99.0. The maximum Gasteiger partial charge on any atom is 0.335 e. The van der Waals surface area contributed by atoms with Crippen molar-refractivity contribution in [3.63, 3.8) is 0 Å². The zero-order valence-electron chi connectivity index (χ0n) is 18.1. The summed E-state index contributed by atoms with van der Waals surface area (Å²) < 4.78 is 20.8. The summed E-state index contributed by atoms with van der Waals surface area (Å²) in [7, 11) is 0. The Balaban J connectivity index is 2.38. The molecule has 2 heterocycles. The van der Waals surface area contributed by atoms with Crippen molar-refractivity contribution >= 4 is 12.3 Å². The molecule has 35 heavy (non-hydrogen) atoms. The Hall–Kier alpha value is -1.42. The zero-order chi connectivity index (χ0) is 26.7. The molecule has 12 N–H and O–H groups in total. The first-order chi connectivity index (χ1) is 16.4. The second-order valence-electron chi connectivity index (χ2n) is 8.13. The SMILES string of the molecule is N[C@@H](C=O)[C@@H](O[C@@H]1O[C@H](C(=O)O)[C@@H](O)[C@H](O[C@]2(CO)O[C@H](CO)[C@@H](O)[C@@H]2O)[C@H]1O)[C@@H](O)[C@H](O)CO. The smallest absolute Gasteiger partial charge is 0.335 e. The lowest BCUT2D eigenvalue weighted by atomic mass is 9.96. The number of carboxylic acid groups (broad SMARTS) is 1. The van der Waals surface area contributed by atoms with Crippen LogP contribution in [0.2, 0.25) is 0 Å². The van der Waals surface area contributed by atoms with Crippen LogP contribution in [0, 0.1) is 0 Å². The molecule has 0 aromatic rings. The van der Waals surface area contributed by atoms with E-state index in [4.69, 9.17) is 29.8 Å². The van der Waals surface area contributed by atoms with Crippen molar-refractivity contribution in [2.24, 2.45) is 5.73 Å². The Kier molecular flexibility index (Phi) is 10.4. The van der Waals surface area contributed by atoms with E-state index in [1.54, 1.807) is 0 Å². The van der Waals surface area contributed by atoms with E-state index in [1.165, 1.54) is 0 Å². The van der Waals surface area contributed by atoms with Crippen molar-refractivity contribution in [2.45, 2.75) is 79.2 Å². The quantitative estimate of drug-likeness (QED) is 0.107. The number of aliphatic hydroxyl groups is 9. The lowest BCUT2D eigenvalue weighted by Crippen LogP contribution is -2.66. The van der Waals surface area contributed by atoms with Crippen molar-refractivity contribution in [3.8, 4) is 0 Å². The Labute approximate surface area is 197 Å². The molecule has 17 heteroatoms. The van der Waals surface area contributed by atoms with Gasteiger partial charge >= 0.3 is 5.97 Å². The molecule has 0 saturated carbocycles. The molecule has 0 aromatic heterocycles. The number of nitrogens with two attached hydrogens (primary N) is 1. The number of carbonyl (C=O) groups excluding carboxylic acids is 1. The molecule has 0 aliphatic carbocycles. The number of hydrogen-bond acceptors (Lipinski definition) is 16. The molecule has 0 spiro atoms. The summed E-state index contributed by atoms with van der Waals surface area (Å²) in [6.45, 7) is -3.02. The topological polar surface area (TPSA) is 299 Å². The monoisotopic (exact) mass is 517 g/mol. The fraction of sp³-hybridized carbons (Fsp3) is 0.889. The first-order valence-electron chi connectivity index (χ1n) is 10.4. The van der Waals surface area contributed by atoms with E-state index < -0.39 is 105 Å². The molecule has 204 valence electrons. The fourth-order valence-corrected chi connectivity index (χ4v) is 3.75. The minimum atomic E-state index is -2.55. The normalized spacial score (nSPS) is 41.2. The molecule has 0 unspecified atom stereocenters. The third-order valence-corrected chi connectivity index (χ3v) is 5.77. The van der Waals surface area contributed by atoms with Gasteiger partial charge in [-0.15, -0.1) is 0 Å². The number of carboxylic acids is 1. The molecule has 2 aliphatic heterocycles. The minimum absolute atomic E-state index is 0.0879. The summed E-state index contributed by atoms with van der Waals surface area (Å²) in [4.78, 5) is 22.8. The van der Waals surface area contributed by atoms with Gasteiger partial charge in [0.2, 0.25) is 5.79 Å². The van der Waals surface area contributed by atoms with Crippen molar-refractivity contribution < 1.29 is 79.6 Å². The number of carbonyl (C=O) groups is 2. The largest absolute Gasteiger partial charge is 0.479 e. The van der Waals surface area contributed by atoms with Crippen LogP contribution in [0.4, 0.5) is 0 Å². The van der Waals surface area contributed by atoms with E-state index in [0.29, 0.717) is 0 Å². The Morgan fingerprint density at radius 2 is 1.71 bits per heavy atom. The molecular formula is C18H31NO16. The van der Waals surface area contributed by atoms with Crippen LogP contribution in [0.1, 0.15) is 0 Å². The number of aliphatic carboxylic acids is 1.